The predicted molar refractivity (Wildman–Crippen MR) is 109 cm³/mol. The topological polar surface area (TPSA) is 74.9 Å². The number of nitrogens with one attached hydrogen (secondary N) is 2. The van der Waals surface area contributed by atoms with Gasteiger partial charge in [0, 0.05) is 46.0 Å². The first-order valence-corrected chi connectivity index (χ1v) is 9.26. The fraction of sp³-hybridized carbons (Fsp3) is 0.500. The van der Waals surface area contributed by atoms with Gasteiger partial charge in [0.05, 0.1) is 12.7 Å². The molecule has 27 heavy (non-hydrogen) atoms. The molecule has 1 heterocycles. The Balaban J connectivity index is 1.73. The Morgan fingerprint density at radius 1 is 1.22 bits per heavy atom. The van der Waals surface area contributed by atoms with Gasteiger partial charge in [0.1, 0.15) is 0 Å². The third-order valence-corrected chi connectivity index (χ3v) is 4.19. The number of hydrogen-bond donors (Lipinski definition) is 2. The first-order valence-electron chi connectivity index (χ1n) is 9.26. The SMILES string of the molecule is CN=C(NCCN(C)CCCOC)NCc1ncc(-c2ccc(C)cc2)o1. The molecule has 1 aromatic carbocycles. The second-order valence-corrected chi connectivity index (χ2v) is 6.49. The van der Waals surface area contributed by atoms with Crippen LogP contribution >= 0.6 is 0 Å². The summed E-state index contributed by atoms with van der Waals surface area (Å²) in [6, 6.07) is 8.20. The number of aliphatic imine (C=N–C) groups is 1. The maximum atomic E-state index is 5.83. The zero-order valence-corrected chi connectivity index (χ0v) is 16.8. The third-order valence-electron chi connectivity index (χ3n) is 4.19. The number of likely N-dealkylation sites (N-methyl/N-ethyl adjacent to an activating group) is 1. The standard InChI is InChI=1S/C20H31N5O2/c1-16-6-8-17(9-7-16)18-14-23-19(27-18)15-24-20(21-2)22-10-12-25(3)11-5-13-26-4/h6-9,14H,5,10-13,15H2,1-4H3,(H2,21,22,24). The molecule has 0 amide bonds. The van der Waals surface area contributed by atoms with Crippen molar-refractivity contribution in [2.45, 2.75) is 19.9 Å². The van der Waals surface area contributed by atoms with E-state index in [0.717, 1.165) is 49.9 Å². The molecule has 0 radical (unpaired) electrons. The summed E-state index contributed by atoms with van der Waals surface area (Å²) in [5, 5.41) is 6.53. The van der Waals surface area contributed by atoms with Crippen molar-refractivity contribution in [3.63, 3.8) is 0 Å². The first kappa shape index (κ1) is 20.9. The van der Waals surface area contributed by atoms with Gasteiger partial charge in [-0.15, -0.1) is 0 Å². The highest BCUT2D eigenvalue weighted by Gasteiger charge is 2.07. The van der Waals surface area contributed by atoms with Crippen LogP contribution in [0, 0.1) is 6.92 Å². The van der Waals surface area contributed by atoms with E-state index in [-0.39, 0.29) is 0 Å². The molecule has 148 valence electrons. The number of aryl methyl sites for hydroxylation is 1. The van der Waals surface area contributed by atoms with Crippen molar-refractivity contribution in [3.8, 4) is 11.3 Å². The van der Waals surface area contributed by atoms with E-state index < -0.39 is 0 Å². The van der Waals surface area contributed by atoms with Crippen molar-refractivity contribution in [3.05, 3.63) is 41.9 Å². The van der Waals surface area contributed by atoms with Crippen LogP contribution in [-0.4, -0.2) is 63.3 Å². The van der Waals surface area contributed by atoms with E-state index in [1.54, 1.807) is 20.4 Å². The predicted octanol–water partition coefficient (Wildman–Crippen LogP) is 2.28. The van der Waals surface area contributed by atoms with Crippen LogP contribution in [0.2, 0.25) is 0 Å². The number of benzene rings is 1. The van der Waals surface area contributed by atoms with Crippen molar-refractivity contribution in [2.75, 3.05) is 47.4 Å². The van der Waals surface area contributed by atoms with Gasteiger partial charge in [-0.05, 0) is 20.4 Å². The summed E-state index contributed by atoms with van der Waals surface area (Å²) < 4.78 is 10.9. The molecular weight excluding hydrogens is 342 g/mol. The average molecular weight is 374 g/mol. The van der Waals surface area contributed by atoms with E-state index in [0.29, 0.717) is 12.4 Å². The molecular formula is C20H31N5O2. The van der Waals surface area contributed by atoms with Gasteiger partial charge in [-0.1, -0.05) is 29.8 Å². The molecule has 0 saturated carbocycles. The van der Waals surface area contributed by atoms with E-state index >= 15 is 0 Å². The van der Waals surface area contributed by atoms with Crippen molar-refractivity contribution < 1.29 is 9.15 Å². The average Bonchev–Trinajstić information content (AvgIpc) is 3.14. The van der Waals surface area contributed by atoms with Crippen LogP contribution in [-0.2, 0) is 11.3 Å². The zero-order valence-electron chi connectivity index (χ0n) is 16.8. The number of oxazole rings is 1. The van der Waals surface area contributed by atoms with Crippen LogP contribution in [0.4, 0.5) is 0 Å². The Hall–Kier alpha value is -2.38. The van der Waals surface area contributed by atoms with Gasteiger partial charge in [-0.3, -0.25) is 4.99 Å². The second kappa shape index (κ2) is 11.4. The lowest BCUT2D eigenvalue weighted by atomic mass is 10.1. The van der Waals surface area contributed by atoms with Crippen molar-refractivity contribution >= 4 is 5.96 Å². The Kier molecular flexibility index (Phi) is 8.80. The fourth-order valence-corrected chi connectivity index (χ4v) is 2.58. The lowest BCUT2D eigenvalue weighted by Gasteiger charge is -2.17. The Morgan fingerprint density at radius 3 is 2.70 bits per heavy atom. The summed E-state index contributed by atoms with van der Waals surface area (Å²) in [6.45, 7) is 6.09. The highest BCUT2D eigenvalue weighted by atomic mass is 16.5. The second-order valence-electron chi connectivity index (χ2n) is 6.49. The monoisotopic (exact) mass is 373 g/mol. The number of hydrogen-bond acceptors (Lipinski definition) is 5. The van der Waals surface area contributed by atoms with Crippen molar-refractivity contribution in [2.24, 2.45) is 4.99 Å². The lowest BCUT2D eigenvalue weighted by molar-refractivity contribution is 0.180. The molecule has 0 bridgehead atoms. The van der Waals surface area contributed by atoms with Gasteiger partial charge in [0.25, 0.3) is 0 Å². The molecule has 2 N–H and O–H groups in total. The zero-order chi connectivity index (χ0) is 19.5. The minimum absolute atomic E-state index is 0.481. The lowest BCUT2D eigenvalue weighted by Crippen LogP contribution is -2.40. The number of guanidine groups is 1. The largest absolute Gasteiger partial charge is 0.439 e. The maximum Gasteiger partial charge on any atom is 0.214 e. The number of aromatic nitrogens is 1. The van der Waals surface area contributed by atoms with Crippen LogP contribution < -0.4 is 10.6 Å². The van der Waals surface area contributed by atoms with Gasteiger partial charge in [-0.2, -0.15) is 0 Å². The van der Waals surface area contributed by atoms with E-state index in [4.69, 9.17) is 9.15 Å². The molecule has 0 fully saturated rings. The molecule has 0 aliphatic heterocycles. The molecule has 0 unspecified atom stereocenters. The van der Waals surface area contributed by atoms with Crippen LogP contribution in [0.5, 0.6) is 0 Å². The van der Waals surface area contributed by atoms with E-state index in [2.05, 4.69) is 51.6 Å². The molecule has 1 aromatic heterocycles. The number of rotatable bonds is 10. The maximum absolute atomic E-state index is 5.83. The number of methoxy groups -OCH3 is 1. The third kappa shape index (κ3) is 7.40. The summed E-state index contributed by atoms with van der Waals surface area (Å²) in [5.41, 5.74) is 2.25. The molecule has 7 heteroatoms. The Morgan fingerprint density at radius 2 is 2.00 bits per heavy atom. The summed E-state index contributed by atoms with van der Waals surface area (Å²) in [5.74, 6) is 2.13. The highest BCUT2D eigenvalue weighted by Crippen LogP contribution is 2.20. The minimum atomic E-state index is 0.481. The highest BCUT2D eigenvalue weighted by molar-refractivity contribution is 5.79. The van der Waals surface area contributed by atoms with Crippen LogP contribution in [0.25, 0.3) is 11.3 Å². The van der Waals surface area contributed by atoms with Gasteiger partial charge >= 0.3 is 0 Å². The minimum Gasteiger partial charge on any atom is -0.439 e. The van der Waals surface area contributed by atoms with Crippen molar-refractivity contribution in [1.29, 1.82) is 0 Å². The van der Waals surface area contributed by atoms with Crippen LogP contribution in [0.15, 0.2) is 39.9 Å². The van der Waals surface area contributed by atoms with Gasteiger partial charge in [0.15, 0.2) is 11.7 Å². The molecule has 0 atom stereocenters. The molecule has 0 aliphatic rings. The summed E-state index contributed by atoms with van der Waals surface area (Å²) in [4.78, 5) is 10.8. The fourth-order valence-electron chi connectivity index (χ4n) is 2.58. The summed E-state index contributed by atoms with van der Waals surface area (Å²) in [6.07, 6.45) is 2.79. The molecule has 2 aromatic rings. The molecule has 2 rings (SSSR count). The molecule has 0 saturated heterocycles. The number of nitrogens with zero attached hydrogens (tertiary/aromatic N) is 3. The summed E-state index contributed by atoms with van der Waals surface area (Å²) >= 11 is 0. The Bertz CT molecular complexity index is 697. The van der Waals surface area contributed by atoms with Gasteiger partial charge in [0.2, 0.25) is 5.89 Å². The van der Waals surface area contributed by atoms with Gasteiger partial charge < -0.3 is 24.7 Å². The smallest absolute Gasteiger partial charge is 0.214 e. The quantitative estimate of drug-likeness (QED) is 0.378. The Labute approximate surface area is 161 Å². The van der Waals surface area contributed by atoms with Crippen LogP contribution in [0.1, 0.15) is 17.9 Å². The van der Waals surface area contributed by atoms with E-state index in [1.165, 1.54) is 5.56 Å². The molecule has 7 nitrogen and oxygen atoms in total. The first-order chi connectivity index (χ1) is 13.1. The molecule has 0 spiro atoms. The normalized spacial score (nSPS) is 11.8. The van der Waals surface area contributed by atoms with Crippen LogP contribution in [0.3, 0.4) is 0 Å². The van der Waals surface area contributed by atoms with Crippen molar-refractivity contribution in [1.82, 2.24) is 20.5 Å². The van der Waals surface area contributed by atoms with E-state index in [9.17, 15) is 0 Å². The summed E-state index contributed by atoms with van der Waals surface area (Å²) in [7, 11) is 5.59. The van der Waals surface area contributed by atoms with E-state index in [1.807, 2.05) is 12.1 Å². The van der Waals surface area contributed by atoms with Gasteiger partial charge in [-0.25, -0.2) is 4.98 Å². The number of ether oxygens (including phenoxy) is 1. The molecule has 0 aliphatic carbocycles.